The lowest BCUT2D eigenvalue weighted by atomic mass is 10.1. The van der Waals surface area contributed by atoms with Crippen LogP contribution >= 0.6 is 11.6 Å². The molecule has 8 heteroatoms. The first-order chi connectivity index (χ1) is 10.9. The van der Waals surface area contributed by atoms with E-state index in [9.17, 15) is 4.79 Å². The number of nitrogens with zero attached hydrogens (tertiary/aromatic N) is 3. The molecule has 23 heavy (non-hydrogen) atoms. The highest BCUT2D eigenvalue weighted by molar-refractivity contribution is 6.28. The van der Waals surface area contributed by atoms with Gasteiger partial charge in [0.15, 0.2) is 5.82 Å². The molecule has 7 nitrogen and oxygen atoms in total. The summed E-state index contributed by atoms with van der Waals surface area (Å²) in [6, 6.07) is 6.67. The van der Waals surface area contributed by atoms with E-state index in [4.69, 9.17) is 27.3 Å². The molecule has 0 aliphatic carbocycles. The molecular formula is C15H14ClN5O2. The van der Waals surface area contributed by atoms with Crippen molar-refractivity contribution in [3.8, 4) is 11.8 Å². The lowest BCUT2D eigenvalue weighted by Gasteiger charge is -2.16. The Hall–Kier alpha value is -2.85. The number of nitriles is 1. The van der Waals surface area contributed by atoms with Gasteiger partial charge in [0, 0.05) is 5.56 Å². The number of carbonyl (C=O) groups is 1. The lowest BCUT2D eigenvalue weighted by Crippen LogP contribution is -2.13. The van der Waals surface area contributed by atoms with E-state index in [1.54, 1.807) is 12.1 Å². The smallest absolute Gasteiger partial charge is 0.248 e. The number of anilines is 2. The third-order valence-corrected chi connectivity index (χ3v) is 2.94. The van der Waals surface area contributed by atoms with Crippen molar-refractivity contribution in [3.63, 3.8) is 0 Å². The van der Waals surface area contributed by atoms with E-state index in [-0.39, 0.29) is 22.8 Å². The number of carbonyl (C=O) groups excluding carboxylic acids is 1. The average Bonchev–Trinajstić information content (AvgIpc) is 2.48. The number of amides is 1. The second-order valence-corrected chi connectivity index (χ2v) is 5.22. The first kappa shape index (κ1) is 16.5. The van der Waals surface area contributed by atoms with Crippen LogP contribution < -0.4 is 15.8 Å². The van der Waals surface area contributed by atoms with Crippen molar-refractivity contribution >= 4 is 29.0 Å². The van der Waals surface area contributed by atoms with Gasteiger partial charge in [-0.05, 0) is 43.6 Å². The molecule has 2 aromatic rings. The van der Waals surface area contributed by atoms with Gasteiger partial charge in [0.25, 0.3) is 0 Å². The maximum absolute atomic E-state index is 11.3. The van der Waals surface area contributed by atoms with Gasteiger partial charge >= 0.3 is 0 Å². The second-order valence-electron chi connectivity index (χ2n) is 4.88. The summed E-state index contributed by atoms with van der Waals surface area (Å²) in [5.41, 5.74) is 6.35. The van der Waals surface area contributed by atoms with Crippen molar-refractivity contribution in [1.82, 2.24) is 9.97 Å². The zero-order valence-corrected chi connectivity index (χ0v) is 13.3. The van der Waals surface area contributed by atoms with Crippen LogP contribution in [0.3, 0.4) is 0 Å². The molecule has 1 heterocycles. The van der Waals surface area contributed by atoms with Crippen LogP contribution in [-0.2, 0) is 0 Å². The van der Waals surface area contributed by atoms with Gasteiger partial charge in [-0.15, -0.1) is 0 Å². The largest absolute Gasteiger partial charge is 0.489 e. The lowest BCUT2D eigenvalue weighted by molar-refractivity contribution is 0.0999. The predicted molar refractivity (Wildman–Crippen MR) is 85.8 cm³/mol. The summed E-state index contributed by atoms with van der Waals surface area (Å²) < 4.78 is 5.68. The number of primary amides is 1. The Morgan fingerprint density at radius 2 is 2.22 bits per heavy atom. The summed E-state index contributed by atoms with van der Waals surface area (Å²) >= 11 is 5.77. The Kier molecular flexibility index (Phi) is 4.98. The highest BCUT2D eigenvalue weighted by atomic mass is 35.5. The molecule has 118 valence electrons. The maximum Gasteiger partial charge on any atom is 0.248 e. The number of hydrogen-bond donors (Lipinski definition) is 2. The molecule has 0 radical (unpaired) electrons. The van der Waals surface area contributed by atoms with Gasteiger partial charge in [-0.2, -0.15) is 10.2 Å². The molecule has 0 unspecified atom stereocenters. The molecule has 3 N–H and O–H groups in total. The summed E-state index contributed by atoms with van der Waals surface area (Å²) in [5, 5.41) is 12.1. The van der Waals surface area contributed by atoms with Crippen molar-refractivity contribution in [2.75, 3.05) is 5.32 Å². The normalized spacial score (nSPS) is 10.2. The Labute approximate surface area is 138 Å². The average molecular weight is 332 g/mol. The summed E-state index contributed by atoms with van der Waals surface area (Å²) in [4.78, 5) is 19.1. The van der Waals surface area contributed by atoms with Crippen LogP contribution in [0.15, 0.2) is 24.4 Å². The minimum atomic E-state index is -0.562. The number of benzene rings is 1. The fourth-order valence-corrected chi connectivity index (χ4v) is 1.93. The van der Waals surface area contributed by atoms with Gasteiger partial charge in [-0.25, -0.2) is 4.98 Å². The molecule has 0 fully saturated rings. The Bertz CT molecular complexity index is 786. The van der Waals surface area contributed by atoms with Crippen LogP contribution in [0.1, 0.15) is 29.8 Å². The van der Waals surface area contributed by atoms with E-state index in [1.165, 1.54) is 12.3 Å². The van der Waals surface area contributed by atoms with Crippen LogP contribution in [0.2, 0.25) is 5.28 Å². The molecule has 1 aromatic heterocycles. The van der Waals surface area contributed by atoms with E-state index >= 15 is 0 Å². The highest BCUT2D eigenvalue weighted by Crippen LogP contribution is 2.30. The van der Waals surface area contributed by atoms with Gasteiger partial charge in [0.05, 0.1) is 18.0 Å². The van der Waals surface area contributed by atoms with Gasteiger partial charge in [0.1, 0.15) is 17.4 Å². The van der Waals surface area contributed by atoms with Crippen LogP contribution in [0, 0.1) is 11.3 Å². The zero-order valence-electron chi connectivity index (χ0n) is 12.5. The molecule has 0 saturated heterocycles. The first-order valence-electron chi connectivity index (χ1n) is 6.71. The predicted octanol–water partition coefficient (Wildman–Crippen LogP) is 2.63. The summed E-state index contributed by atoms with van der Waals surface area (Å²) in [6.45, 7) is 3.70. The number of rotatable bonds is 5. The van der Waals surface area contributed by atoms with Crippen molar-refractivity contribution in [3.05, 3.63) is 40.8 Å². The number of nitrogens with two attached hydrogens (primary N) is 1. The van der Waals surface area contributed by atoms with E-state index in [0.29, 0.717) is 17.0 Å². The van der Waals surface area contributed by atoms with Crippen molar-refractivity contribution < 1.29 is 9.53 Å². The topological polar surface area (TPSA) is 114 Å². The Balaban J connectivity index is 2.45. The number of aromatic nitrogens is 2. The maximum atomic E-state index is 11.3. The minimum Gasteiger partial charge on any atom is -0.489 e. The molecule has 2 rings (SSSR count). The van der Waals surface area contributed by atoms with Gasteiger partial charge in [-0.1, -0.05) is 0 Å². The second kappa shape index (κ2) is 6.94. The molecule has 0 saturated carbocycles. The minimum absolute atomic E-state index is 0.00610. The van der Waals surface area contributed by atoms with Gasteiger partial charge in [-0.3, -0.25) is 4.79 Å². The number of hydrogen-bond acceptors (Lipinski definition) is 6. The molecule has 1 aromatic carbocycles. The van der Waals surface area contributed by atoms with E-state index in [1.807, 2.05) is 19.9 Å². The van der Waals surface area contributed by atoms with Crippen LogP contribution in [-0.4, -0.2) is 22.0 Å². The Morgan fingerprint density at radius 1 is 1.48 bits per heavy atom. The van der Waals surface area contributed by atoms with E-state index in [0.717, 1.165) is 0 Å². The molecule has 0 spiro atoms. The van der Waals surface area contributed by atoms with E-state index < -0.39 is 5.91 Å². The standard InChI is InChI=1S/C15H14ClN5O2/c1-8(2)23-12-5-9(13(18)22)3-4-11(12)20-14-10(6-17)7-19-15(16)21-14/h3-5,7-8H,1-2H3,(H2,18,22)(H,19,20,21). The third-order valence-electron chi connectivity index (χ3n) is 2.76. The van der Waals surface area contributed by atoms with Crippen LogP contribution in [0.5, 0.6) is 5.75 Å². The third kappa shape index (κ3) is 4.08. The highest BCUT2D eigenvalue weighted by Gasteiger charge is 2.13. The molecule has 1 amide bonds. The fourth-order valence-electron chi connectivity index (χ4n) is 1.80. The zero-order chi connectivity index (χ0) is 17.0. The number of nitrogens with one attached hydrogen (secondary N) is 1. The van der Waals surface area contributed by atoms with Crippen LogP contribution in [0.25, 0.3) is 0 Å². The van der Waals surface area contributed by atoms with Gasteiger partial charge in [0.2, 0.25) is 11.2 Å². The molecule has 0 atom stereocenters. The summed E-state index contributed by atoms with van der Waals surface area (Å²) in [7, 11) is 0. The Morgan fingerprint density at radius 3 is 2.83 bits per heavy atom. The van der Waals surface area contributed by atoms with Crippen molar-refractivity contribution in [2.24, 2.45) is 5.73 Å². The SMILES string of the molecule is CC(C)Oc1cc(C(N)=O)ccc1Nc1nc(Cl)ncc1C#N. The molecular weight excluding hydrogens is 318 g/mol. The quantitative estimate of drug-likeness (QED) is 0.814. The first-order valence-corrected chi connectivity index (χ1v) is 7.08. The number of halogens is 1. The van der Waals surface area contributed by atoms with E-state index in [2.05, 4.69) is 15.3 Å². The fraction of sp³-hybridized carbons (Fsp3) is 0.200. The monoisotopic (exact) mass is 331 g/mol. The van der Waals surface area contributed by atoms with Crippen molar-refractivity contribution in [1.29, 1.82) is 5.26 Å². The van der Waals surface area contributed by atoms with Crippen molar-refractivity contribution in [2.45, 2.75) is 20.0 Å². The van der Waals surface area contributed by atoms with Gasteiger partial charge < -0.3 is 15.8 Å². The van der Waals surface area contributed by atoms with Crippen LogP contribution in [0.4, 0.5) is 11.5 Å². The summed E-state index contributed by atoms with van der Waals surface area (Å²) in [6.07, 6.45) is 1.20. The summed E-state index contributed by atoms with van der Waals surface area (Å²) in [5.74, 6) is 0.0933. The molecule has 0 aliphatic rings. The molecule has 0 bridgehead atoms. The number of ether oxygens (including phenoxy) is 1. The molecule has 0 aliphatic heterocycles.